The Bertz CT molecular complexity index is 1160. The minimum atomic E-state index is -4.08. The highest BCUT2D eigenvalue weighted by atomic mass is 32.2. The van der Waals surface area contributed by atoms with Crippen molar-refractivity contribution in [2.75, 3.05) is 57.1 Å². The summed E-state index contributed by atoms with van der Waals surface area (Å²) in [5, 5.41) is 6.33. The molecule has 0 fully saturated rings. The molecule has 1 aliphatic rings. The zero-order chi connectivity index (χ0) is 27.5. The van der Waals surface area contributed by atoms with E-state index in [0.29, 0.717) is 37.1 Å². The Hall–Kier alpha value is -3.16. The molecule has 1 aromatic carbocycles. The second kappa shape index (κ2) is 14.1. The molecule has 0 bridgehead atoms. The van der Waals surface area contributed by atoms with Crippen LogP contribution in [0.5, 0.6) is 0 Å². The minimum absolute atomic E-state index is 0.0993. The van der Waals surface area contributed by atoms with Crippen LogP contribution in [0, 0.1) is 5.92 Å². The largest absolute Gasteiger partial charge is 0.465 e. The summed E-state index contributed by atoms with van der Waals surface area (Å²) in [6, 6.07) is 4.04. The molecular weight excluding hydrogens is 512 g/mol. The van der Waals surface area contributed by atoms with Crippen LogP contribution in [0.15, 0.2) is 35.5 Å². The van der Waals surface area contributed by atoms with Crippen LogP contribution in [0.4, 0.5) is 11.6 Å². The number of amides is 1. The van der Waals surface area contributed by atoms with Crippen LogP contribution in [0.3, 0.4) is 0 Å². The lowest BCUT2D eigenvalue weighted by molar-refractivity contribution is -0.149. The third-order valence-electron chi connectivity index (χ3n) is 6.16. The molecule has 0 radical (unpaired) electrons. The van der Waals surface area contributed by atoms with Gasteiger partial charge in [0.05, 0.1) is 18.9 Å². The average Bonchev–Trinajstić information content (AvgIpc) is 3.41. The first-order valence-electron chi connectivity index (χ1n) is 12.8. The van der Waals surface area contributed by atoms with Gasteiger partial charge in [0.2, 0.25) is 15.9 Å². The molecule has 0 saturated heterocycles. The molecule has 12 nitrogen and oxygen atoms in total. The molecule has 2 atom stereocenters. The van der Waals surface area contributed by atoms with Gasteiger partial charge in [-0.1, -0.05) is 19.1 Å². The Kier molecular flexibility index (Phi) is 10.9. The molecule has 0 aliphatic carbocycles. The van der Waals surface area contributed by atoms with Crippen LogP contribution in [0.2, 0.25) is 0 Å². The molecule has 1 aliphatic heterocycles. The van der Waals surface area contributed by atoms with E-state index in [9.17, 15) is 18.0 Å². The minimum Gasteiger partial charge on any atom is -0.465 e. The van der Waals surface area contributed by atoms with Gasteiger partial charge in [-0.05, 0) is 43.7 Å². The standard InChI is InChI=1S/C25H38N6O6S/c1-4-37-22(32)17-31(13-14-36-3)24(33)20(8-6-10-26-25-27-11-12-28-25)30-38(34,35)21-9-5-7-19-15-18(2)16-29-23(19)21/h5,7,9,11-12,18,20,29-30H,4,6,8,10,13-17H2,1-3H3,(H2,26,27,28)/t18?,20-/m0/s1. The van der Waals surface area contributed by atoms with Crippen LogP contribution in [0.1, 0.15) is 32.3 Å². The Morgan fingerprint density at radius 2 is 2.13 bits per heavy atom. The van der Waals surface area contributed by atoms with E-state index in [0.717, 1.165) is 12.0 Å². The van der Waals surface area contributed by atoms with E-state index in [2.05, 4.69) is 32.2 Å². The van der Waals surface area contributed by atoms with Gasteiger partial charge in [0.1, 0.15) is 17.5 Å². The van der Waals surface area contributed by atoms with Gasteiger partial charge in [0.15, 0.2) is 5.95 Å². The van der Waals surface area contributed by atoms with E-state index in [4.69, 9.17) is 9.47 Å². The van der Waals surface area contributed by atoms with Crippen molar-refractivity contribution in [3.63, 3.8) is 0 Å². The summed E-state index contributed by atoms with van der Waals surface area (Å²) in [4.78, 5) is 34.2. The number of sulfonamides is 1. The number of carbonyl (C=O) groups is 2. The van der Waals surface area contributed by atoms with Crippen molar-refractivity contribution < 1.29 is 27.5 Å². The maximum atomic E-state index is 13.6. The number of ether oxygens (including phenoxy) is 2. The summed E-state index contributed by atoms with van der Waals surface area (Å²) in [7, 11) is -2.60. The highest BCUT2D eigenvalue weighted by Crippen LogP contribution is 2.31. The molecular formula is C25H38N6O6S. The first-order chi connectivity index (χ1) is 18.2. The summed E-state index contributed by atoms with van der Waals surface area (Å²) in [5.41, 5.74) is 1.48. The fourth-order valence-electron chi connectivity index (χ4n) is 4.31. The molecule has 2 aromatic rings. The Labute approximate surface area is 223 Å². The predicted octanol–water partition coefficient (Wildman–Crippen LogP) is 1.59. The molecule has 1 amide bonds. The van der Waals surface area contributed by atoms with Gasteiger partial charge in [0.25, 0.3) is 0 Å². The molecule has 4 N–H and O–H groups in total. The smallest absolute Gasteiger partial charge is 0.325 e. The number of esters is 1. The Morgan fingerprint density at radius 1 is 1.32 bits per heavy atom. The molecule has 2 heterocycles. The highest BCUT2D eigenvalue weighted by molar-refractivity contribution is 7.89. The maximum absolute atomic E-state index is 13.6. The van der Waals surface area contributed by atoms with E-state index in [1.165, 1.54) is 18.1 Å². The number of hydrogen-bond donors (Lipinski definition) is 4. The van der Waals surface area contributed by atoms with Crippen molar-refractivity contribution >= 4 is 33.5 Å². The lowest BCUT2D eigenvalue weighted by atomic mass is 9.96. The maximum Gasteiger partial charge on any atom is 0.325 e. The topological polar surface area (TPSA) is 155 Å². The lowest BCUT2D eigenvalue weighted by Gasteiger charge is -2.28. The number of nitrogens with one attached hydrogen (secondary N) is 4. The monoisotopic (exact) mass is 550 g/mol. The van der Waals surface area contributed by atoms with Crippen molar-refractivity contribution in [1.82, 2.24) is 19.6 Å². The number of para-hydroxylation sites is 1. The Morgan fingerprint density at radius 3 is 2.84 bits per heavy atom. The summed E-state index contributed by atoms with van der Waals surface area (Å²) in [6.07, 6.45) is 4.70. The van der Waals surface area contributed by atoms with Gasteiger partial charge in [-0.3, -0.25) is 9.59 Å². The van der Waals surface area contributed by atoms with E-state index in [1.807, 2.05) is 6.07 Å². The number of hydrogen-bond acceptors (Lipinski definition) is 9. The van der Waals surface area contributed by atoms with Gasteiger partial charge in [0, 0.05) is 39.1 Å². The molecule has 3 rings (SSSR count). The van der Waals surface area contributed by atoms with E-state index in [-0.39, 0.29) is 37.6 Å². The number of imidazole rings is 1. The van der Waals surface area contributed by atoms with E-state index < -0.39 is 27.9 Å². The average molecular weight is 551 g/mol. The Balaban J connectivity index is 1.82. The fraction of sp³-hybridized carbons (Fsp3) is 0.560. The first-order valence-corrected chi connectivity index (χ1v) is 14.3. The zero-order valence-electron chi connectivity index (χ0n) is 22.2. The van der Waals surface area contributed by atoms with Crippen molar-refractivity contribution in [2.24, 2.45) is 5.92 Å². The quantitative estimate of drug-likeness (QED) is 0.191. The molecule has 210 valence electrons. The van der Waals surface area contributed by atoms with Crippen molar-refractivity contribution in [2.45, 2.75) is 44.0 Å². The molecule has 13 heteroatoms. The second-order valence-corrected chi connectivity index (χ2v) is 10.9. The van der Waals surface area contributed by atoms with E-state index >= 15 is 0 Å². The number of fused-ring (bicyclic) bond motifs is 1. The summed E-state index contributed by atoms with van der Waals surface area (Å²) in [6.45, 7) is 5.04. The van der Waals surface area contributed by atoms with Gasteiger partial charge in [-0.15, -0.1) is 0 Å². The molecule has 1 aromatic heterocycles. The van der Waals surface area contributed by atoms with Crippen LogP contribution in [0.25, 0.3) is 0 Å². The number of anilines is 2. The number of rotatable bonds is 15. The van der Waals surface area contributed by atoms with Gasteiger partial charge < -0.3 is 30.0 Å². The summed E-state index contributed by atoms with van der Waals surface area (Å²) >= 11 is 0. The number of H-pyrrole nitrogens is 1. The van der Waals surface area contributed by atoms with Gasteiger partial charge >= 0.3 is 5.97 Å². The SMILES string of the molecule is CCOC(=O)CN(CCOC)C(=O)[C@H](CCCNc1ncc[nH]1)NS(=O)(=O)c1cccc2c1NCC(C)C2. The first kappa shape index (κ1) is 29.4. The number of carbonyl (C=O) groups excluding carboxylic acids is 2. The number of aromatic nitrogens is 2. The number of methoxy groups -OCH3 is 1. The second-order valence-electron chi connectivity index (χ2n) is 9.22. The number of nitrogens with zero attached hydrogens (tertiary/aromatic N) is 2. The molecule has 0 spiro atoms. The van der Waals surface area contributed by atoms with Crippen LogP contribution < -0.4 is 15.4 Å². The van der Waals surface area contributed by atoms with Crippen LogP contribution >= 0.6 is 0 Å². The molecule has 38 heavy (non-hydrogen) atoms. The molecule has 0 saturated carbocycles. The van der Waals surface area contributed by atoms with Crippen molar-refractivity contribution in [3.8, 4) is 0 Å². The molecule has 1 unspecified atom stereocenters. The van der Waals surface area contributed by atoms with Crippen molar-refractivity contribution in [3.05, 3.63) is 36.2 Å². The highest BCUT2D eigenvalue weighted by Gasteiger charge is 2.32. The summed E-state index contributed by atoms with van der Waals surface area (Å²) < 4.78 is 40.0. The third-order valence-corrected chi connectivity index (χ3v) is 7.67. The third kappa shape index (κ3) is 8.17. The van der Waals surface area contributed by atoms with Crippen LogP contribution in [-0.2, 0) is 35.5 Å². The normalized spacial score (nSPS) is 15.7. The number of aromatic amines is 1. The lowest BCUT2D eigenvalue weighted by Crippen LogP contribution is -2.51. The zero-order valence-corrected chi connectivity index (χ0v) is 23.0. The summed E-state index contributed by atoms with van der Waals surface area (Å²) in [5.74, 6) is -0.146. The van der Waals surface area contributed by atoms with E-state index in [1.54, 1.807) is 25.4 Å². The fourth-order valence-corrected chi connectivity index (χ4v) is 5.76. The van der Waals surface area contributed by atoms with Gasteiger partial charge in [-0.25, -0.2) is 13.4 Å². The van der Waals surface area contributed by atoms with Crippen LogP contribution in [-0.4, -0.2) is 87.7 Å². The number of benzene rings is 1. The van der Waals surface area contributed by atoms with Crippen molar-refractivity contribution in [1.29, 1.82) is 0 Å². The predicted molar refractivity (Wildman–Crippen MR) is 143 cm³/mol. The van der Waals surface area contributed by atoms with Gasteiger partial charge in [-0.2, -0.15) is 4.72 Å².